The maximum Gasteiger partial charge on any atom is 0.0780 e. The normalized spacial score (nSPS) is 19.7. The first-order valence-corrected chi connectivity index (χ1v) is 7.65. The van der Waals surface area contributed by atoms with Crippen LogP contribution in [0, 0.1) is 11.8 Å². The summed E-state index contributed by atoms with van der Waals surface area (Å²) in [5, 5.41) is 2.44. The molecule has 4 rings (SSSR count). The maximum absolute atomic E-state index is 4.48. The molecule has 2 unspecified atom stereocenters. The van der Waals surface area contributed by atoms with Crippen molar-refractivity contribution in [2.75, 3.05) is 0 Å². The molecular formula is C20H21N. The van der Waals surface area contributed by atoms with Gasteiger partial charge in [-0.2, -0.15) is 0 Å². The second-order valence-electron chi connectivity index (χ2n) is 5.94. The van der Waals surface area contributed by atoms with E-state index in [1.807, 2.05) is 30.5 Å². The lowest BCUT2D eigenvalue weighted by molar-refractivity contribution is 0.834. The van der Waals surface area contributed by atoms with Crippen molar-refractivity contribution in [3.63, 3.8) is 0 Å². The van der Waals surface area contributed by atoms with Gasteiger partial charge in [0.25, 0.3) is 0 Å². The van der Waals surface area contributed by atoms with Crippen molar-refractivity contribution < 1.29 is 0 Å². The summed E-state index contributed by atoms with van der Waals surface area (Å²) in [6.07, 6.45) is 3.34. The summed E-state index contributed by atoms with van der Waals surface area (Å²) in [4.78, 5) is 4.48. The Kier molecular flexibility index (Phi) is 4.01. The molecule has 1 heteroatoms. The minimum atomic E-state index is 1.05. The Morgan fingerprint density at radius 3 is 2.10 bits per heavy atom. The molecule has 2 atom stereocenters. The van der Waals surface area contributed by atoms with Crippen LogP contribution in [0.25, 0.3) is 22.0 Å². The van der Waals surface area contributed by atoms with E-state index < -0.39 is 0 Å². The highest BCUT2D eigenvalue weighted by molar-refractivity contribution is 5.94. The average molecular weight is 275 g/mol. The van der Waals surface area contributed by atoms with Crippen molar-refractivity contribution in [1.29, 1.82) is 0 Å². The number of rotatable bonds is 1. The third-order valence-electron chi connectivity index (χ3n) is 4.23. The van der Waals surface area contributed by atoms with Crippen LogP contribution in [-0.2, 0) is 0 Å². The molecule has 0 aliphatic heterocycles. The summed E-state index contributed by atoms with van der Waals surface area (Å²) < 4.78 is 0. The topological polar surface area (TPSA) is 12.9 Å². The lowest BCUT2D eigenvalue weighted by atomic mass is 10.0. The molecule has 0 N–H and O–H groups in total. The van der Waals surface area contributed by atoms with Crippen LogP contribution in [0.2, 0.25) is 0 Å². The number of hydrogen-bond acceptors (Lipinski definition) is 1. The van der Waals surface area contributed by atoms with Crippen LogP contribution < -0.4 is 0 Å². The molecule has 1 heterocycles. The maximum atomic E-state index is 4.48. The Labute approximate surface area is 126 Å². The van der Waals surface area contributed by atoms with Crippen molar-refractivity contribution in [2.24, 2.45) is 11.8 Å². The molecule has 1 aromatic heterocycles. The molecule has 0 saturated heterocycles. The molecule has 1 nitrogen and oxygen atoms in total. The fourth-order valence-corrected chi connectivity index (χ4v) is 2.45. The number of hydrogen-bond donors (Lipinski definition) is 0. The highest BCUT2D eigenvalue weighted by Gasteiger charge is 2.26. The van der Waals surface area contributed by atoms with E-state index >= 15 is 0 Å². The van der Waals surface area contributed by atoms with Crippen LogP contribution >= 0.6 is 0 Å². The van der Waals surface area contributed by atoms with Gasteiger partial charge in [0.15, 0.2) is 0 Å². The zero-order valence-electron chi connectivity index (χ0n) is 12.7. The predicted molar refractivity (Wildman–Crippen MR) is 90.1 cm³/mol. The Balaban J connectivity index is 0.000000225. The second kappa shape index (κ2) is 6.09. The zero-order chi connectivity index (χ0) is 14.7. The van der Waals surface area contributed by atoms with Gasteiger partial charge < -0.3 is 0 Å². The summed E-state index contributed by atoms with van der Waals surface area (Å²) in [6.45, 7) is 4.59. The minimum absolute atomic E-state index is 1.05. The number of aromatic nitrogens is 1. The first-order chi connectivity index (χ1) is 10.3. The van der Waals surface area contributed by atoms with Crippen LogP contribution in [0.3, 0.4) is 0 Å². The summed E-state index contributed by atoms with van der Waals surface area (Å²) in [5.74, 6) is 2.10. The van der Waals surface area contributed by atoms with Crippen LogP contribution in [0.4, 0.5) is 0 Å². The van der Waals surface area contributed by atoms with Crippen LogP contribution in [0.15, 0.2) is 66.9 Å². The van der Waals surface area contributed by atoms with E-state index in [-0.39, 0.29) is 0 Å². The quantitative estimate of drug-likeness (QED) is 0.566. The second-order valence-corrected chi connectivity index (χ2v) is 5.94. The molecule has 1 fully saturated rings. The van der Waals surface area contributed by atoms with Gasteiger partial charge in [0, 0.05) is 17.1 Å². The molecule has 0 bridgehead atoms. The van der Waals surface area contributed by atoms with E-state index in [1.54, 1.807) is 0 Å². The Bertz CT molecular complexity index is 707. The van der Waals surface area contributed by atoms with Gasteiger partial charge in [-0.15, -0.1) is 0 Å². The monoisotopic (exact) mass is 275 g/mol. The highest BCUT2D eigenvalue weighted by atomic mass is 14.7. The summed E-state index contributed by atoms with van der Waals surface area (Å²) >= 11 is 0. The van der Waals surface area contributed by atoms with Gasteiger partial charge in [0.2, 0.25) is 0 Å². The molecule has 1 aliphatic carbocycles. The Morgan fingerprint density at radius 2 is 1.43 bits per heavy atom. The first-order valence-electron chi connectivity index (χ1n) is 7.65. The summed E-state index contributed by atoms with van der Waals surface area (Å²) in [7, 11) is 0. The van der Waals surface area contributed by atoms with Gasteiger partial charge in [-0.3, -0.25) is 4.98 Å². The van der Waals surface area contributed by atoms with Gasteiger partial charge in [0.05, 0.1) is 5.69 Å². The molecule has 2 aromatic carbocycles. The van der Waals surface area contributed by atoms with Gasteiger partial charge >= 0.3 is 0 Å². The highest BCUT2D eigenvalue weighted by Crippen LogP contribution is 2.36. The van der Waals surface area contributed by atoms with Crippen LogP contribution in [0.1, 0.15) is 20.3 Å². The Morgan fingerprint density at radius 1 is 0.810 bits per heavy atom. The Hall–Kier alpha value is -2.15. The molecule has 1 saturated carbocycles. The zero-order valence-corrected chi connectivity index (χ0v) is 12.7. The number of nitrogens with zero attached hydrogens (tertiary/aromatic N) is 1. The third kappa shape index (κ3) is 3.30. The third-order valence-corrected chi connectivity index (χ3v) is 4.23. The number of benzene rings is 2. The molecule has 0 radical (unpaired) electrons. The van der Waals surface area contributed by atoms with Crippen molar-refractivity contribution >= 4 is 10.8 Å². The SMILES string of the molecule is CC1CC1C.c1ccc(-c2nccc3ccccc23)cc1. The van der Waals surface area contributed by atoms with E-state index in [4.69, 9.17) is 0 Å². The smallest absolute Gasteiger partial charge is 0.0780 e. The lowest BCUT2D eigenvalue weighted by Gasteiger charge is -2.04. The molecular weight excluding hydrogens is 254 g/mol. The summed E-state index contributed by atoms with van der Waals surface area (Å²) in [6, 6.07) is 20.7. The van der Waals surface area contributed by atoms with E-state index in [0.29, 0.717) is 0 Å². The number of fused-ring (bicyclic) bond motifs is 1. The molecule has 21 heavy (non-hydrogen) atoms. The number of pyridine rings is 1. The summed E-state index contributed by atoms with van der Waals surface area (Å²) in [5.41, 5.74) is 2.22. The van der Waals surface area contributed by atoms with Crippen molar-refractivity contribution in [3.8, 4) is 11.3 Å². The van der Waals surface area contributed by atoms with E-state index in [9.17, 15) is 0 Å². The standard InChI is InChI=1S/C15H11N.C5H10/c1-2-7-13(8-3-1)15-14-9-5-4-6-12(14)10-11-16-15;1-4-3-5(4)2/h1-11H;4-5H,3H2,1-2H3. The van der Waals surface area contributed by atoms with Crippen molar-refractivity contribution in [1.82, 2.24) is 4.98 Å². The molecule has 0 spiro atoms. The van der Waals surface area contributed by atoms with Crippen molar-refractivity contribution in [3.05, 3.63) is 66.9 Å². The van der Waals surface area contributed by atoms with E-state index in [2.05, 4.69) is 55.2 Å². The molecule has 3 aromatic rings. The van der Waals surface area contributed by atoms with E-state index in [0.717, 1.165) is 17.5 Å². The fraction of sp³-hybridized carbons (Fsp3) is 0.250. The van der Waals surface area contributed by atoms with E-state index in [1.165, 1.54) is 22.8 Å². The van der Waals surface area contributed by atoms with Crippen LogP contribution in [0.5, 0.6) is 0 Å². The van der Waals surface area contributed by atoms with Gasteiger partial charge in [-0.25, -0.2) is 0 Å². The van der Waals surface area contributed by atoms with Gasteiger partial charge in [-0.05, 0) is 29.7 Å². The molecule has 106 valence electrons. The predicted octanol–water partition coefficient (Wildman–Crippen LogP) is 5.56. The fourth-order valence-electron chi connectivity index (χ4n) is 2.45. The van der Waals surface area contributed by atoms with Crippen LogP contribution in [-0.4, -0.2) is 4.98 Å². The largest absolute Gasteiger partial charge is 0.256 e. The van der Waals surface area contributed by atoms with Crippen molar-refractivity contribution in [2.45, 2.75) is 20.3 Å². The average Bonchev–Trinajstić information content (AvgIpc) is 3.20. The minimum Gasteiger partial charge on any atom is -0.256 e. The van der Waals surface area contributed by atoms with Gasteiger partial charge in [0.1, 0.15) is 0 Å². The first kappa shape index (κ1) is 13.8. The molecule has 1 aliphatic rings. The van der Waals surface area contributed by atoms with Gasteiger partial charge in [-0.1, -0.05) is 68.4 Å². The molecule has 0 amide bonds. The lowest BCUT2D eigenvalue weighted by Crippen LogP contribution is -1.84.